The predicted molar refractivity (Wildman–Crippen MR) is 59.4 cm³/mol. The normalized spacial score (nSPS) is 9.69. The standard InChI is InChI=1S/C11H8N4O/c12-6-8-7(5-10(13)15-11(8)16)9-3-1-2-4-14-9/h1-5H,(H3,13,15,16). The molecule has 0 saturated carbocycles. The molecule has 2 aromatic rings. The average molecular weight is 212 g/mol. The highest BCUT2D eigenvalue weighted by atomic mass is 16.1. The molecule has 0 bridgehead atoms. The summed E-state index contributed by atoms with van der Waals surface area (Å²) >= 11 is 0. The fraction of sp³-hybridized carbons (Fsp3) is 0. The third-order valence-electron chi connectivity index (χ3n) is 2.11. The molecule has 0 amide bonds. The summed E-state index contributed by atoms with van der Waals surface area (Å²) in [4.78, 5) is 17.9. The molecule has 0 saturated heterocycles. The number of nitrogen functional groups attached to an aromatic ring is 1. The van der Waals surface area contributed by atoms with E-state index in [9.17, 15) is 4.79 Å². The van der Waals surface area contributed by atoms with Crippen molar-refractivity contribution < 1.29 is 0 Å². The highest BCUT2D eigenvalue weighted by molar-refractivity contribution is 5.69. The molecule has 0 aliphatic rings. The Bertz CT molecular complexity index is 610. The molecule has 78 valence electrons. The van der Waals surface area contributed by atoms with Crippen LogP contribution in [0.4, 0.5) is 5.82 Å². The van der Waals surface area contributed by atoms with Crippen LogP contribution in [0.2, 0.25) is 0 Å². The van der Waals surface area contributed by atoms with Gasteiger partial charge in [0.15, 0.2) is 0 Å². The Labute approximate surface area is 91.2 Å². The lowest BCUT2D eigenvalue weighted by Crippen LogP contribution is -2.13. The molecule has 0 aliphatic heterocycles. The van der Waals surface area contributed by atoms with Crippen LogP contribution in [0.15, 0.2) is 35.3 Å². The minimum absolute atomic E-state index is 0.0212. The second-order valence-corrected chi connectivity index (χ2v) is 3.17. The van der Waals surface area contributed by atoms with E-state index in [0.29, 0.717) is 11.3 Å². The van der Waals surface area contributed by atoms with Gasteiger partial charge in [0.2, 0.25) is 0 Å². The fourth-order valence-corrected chi connectivity index (χ4v) is 1.41. The van der Waals surface area contributed by atoms with Gasteiger partial charge < -0.3 is 10.7 Å². The third-order valence-corrected chi connectivity index (χ3v) is 2.11. The van der Waals surface area contributed by atoms with Crippen LogP contribution in [0.5, 0.6) is 0 Å². The molecule has 3 N–H and O–H groups in total. The van der Waals surface area contributed by atoms with Crippen LogP contribution >= 0.6 is 0 Å². The zero-order chi connectivity index (χ0) is 11.5. The van der Waals surface area contributed by atoms with Crippen LogP contribution in [0.1, 0.15) is 5.56 Å². The quantitative estimate of drug-likeness (QED) is 0.733. The Kier molecular flexibility index (Phi) is 2.40. The highest BCUT2D eigenvalue weighted by Crippen LogP contribution is 2.19. The minimum Gasteiger partial charge on any atom is -0.385 e. The lowest BCUT2D eigenvalue weighted by atomic mass is 10.1. The van der Waals surface area contributed by atoms with Gasteiger partial charge in [-0.15, -0.1) is 0 Å². The maximum absolute atomic E-state index is 11.5. The second-order valence-electron chi connectivity index (χ2n) is 3.17. The highest BCUT2D eigenvalue weighted by Gasteiger charge is 2.10. The van der Waals surface area contributed by atoms with Gasteiger partial charge in [-0.3, -0.25) is 9.78 Å². The van der Waals surface area contributed by atoms with E-state index in [0.717, 1.165) is 0 Å². The summed E-state index contributed by atoms with van der Waals surface area (Å²) in [6, 6.07) is 8.63. The van der Waals surface area contributed by atoms with Crippen molar-refractivity contribution in [3.8, 4) is 17.3 Å². The molecule has 0 fully saturated rings. The number of rotatable bonds is 1. The zero-order valence-electron chi connectivity index (χ0n) is 8.27. The van der Waals surface area contributed by atoms with E-state index in [1.165, 1.54) is 6.07 Å². The summed E-state index contributed by atoms with van der Waals surface area (Å²) in [5.41, 5.74) is 6.05. The smallest absolute Gasteiger partial charge is 0.268 e. The number of hydrogen-bond donors (Lipinski definition) is 2. The molecule has 2 aromatic heterocycles. The van der Waals surface area contributed by atoms with E-state index < -0.39 is 5.56 Å². The lowest BCUT2D eigenvalue weighted by Gasteiger charge is -2.03. The van der Waals surface area contributed by atoms with E-state index in [2.05, 4.69) is 9.97 Å². The zero-order valence-corrected chi connectivity index (χ0v) is 8.27. The molecule has 0 radical (unpaired) electrons. The third kappa shape index (κ3) is 1.64. The number of anilines is 1. The number of H-pyrrole nitrogens is 1. The van der Waals surface area contributed by atoms with Crippen LogP contribution in [0.25, 0.3) is 11.3 Å². The van der Waals surface area contributed by atoms with Crippen molar-refractivity contribution in [2.75, 3.05) is 5.73 Å². The van der Waals surface area contributed by atoms with Crippen molar-refractivity contribution in [3.63, 3.8) is 0 Å². The molecule has 0 aromatic carbocycles. The second kappa shape index (κ2) is 3.87. The maximum atomic E-state index is 11.5. The molecule has 0 aliphatic carbocycles. The van der Waals surface area contributed by atoms with Gasteiger partial charge in [-0.25, -0.2) is 0 Å². The van der Waals surface area contributed by atoms with Crippen molar-refractivity contribution in [2.45, 2.75) is 0 Å². The van der Waals surface area contributed by atoms with Crippen LogP contribution in [0, 0.1) is 11.3 Å². The van der Waals surface area contributed by atoms with E-state index in [-0.39, 0.29) is 11.4 Å². The van der Waals surface area contributed by atoms with Crippen molar-refractivity contribution in [3.05, 3.63) is 46.4 Å². The number of pyridine rings is 2. The fourth-order valence-electron chi connectivity index (χ4n) is 1.41. The van der Waals surface area contributed by atoms with Gasteiger partial charge >= 0.3 is 0 Å². The van der Waals surface area contributed by atoms with Crippen LogP contribution in [0.3, 0.4) is 0 Å². The first-order valence-electron chi connectivity index (χ1n) is 4.56. The van der Waals surface area contributed by atoms with Gasteiger partial charge in [0.1, 0.15) is 17.5 Å². The van der Waals surface area contributed by atoms with Gasteiger partial charge in [0.05, 0.1) is 5.69 Å². The Morgan fingerprint density at radius 2 is 2.25 bits per heavy atom. The van der Waals surface area contributed by atoms with Crippen molar-refractivity contribution in [1.29, 1.82) is 5.26 Å². The summed E-state index contributed by atoms with van der Waals surface area (Å²) in [7, 11) is 0. The van der Waals surface area contributed by atoms with Gasteiger partial charge in [-0.2, -0.15) is 5.26 Å². The topological polar surface area (TPSA) is 95.6 Å². The van der Waals surface area contributed by atoms with Crippen molar-refractivity contribution >= 4 is 5.82 Å². The van der Waals surface area contributed by atoms with E-state index in [1.807, 2.05) is 6.07 Å². The number of aromatic amines is 1. The van der Waals surface area contributed by atoms with E-state index in [4.69, 9.17) is 11.0 Å². The summed E-state index contributed by atoms with van der Waals surface area (Å²) in [6.45, 7) is 0. The van der Waals surface area contributed by atoms with Crippen LogP contribution in [-0.4, -0.2) is 9.97 Å². The Hall–Kier alpha value is -2.61. The van der Waals surface area contributed by atoms with Gasteiger partial charge in [0, 0.05) is 11.8 Å². The van der Waals surface area contributed by atoms with Crippen LogP contribution in [-0.2, 0) is 0 Å². The first-order chi connectivity index (χ1) is 7.72. The Balaban J connectivity index is 2.75. The lowest BCUT2D eigenvalue weighted by molar-refractivity contribution is 1.21. The molecule has 16 heavy (non-hydrogen) atoms. The molecule has 0 unspecified atom stereocenters. The molecular weight excluding hydrogens is 204 g/mol. The van der Waals surface area contributed by atoms with Crippen LogP contribution < -0.4 is 11.3 Å². The first-order valence-corrected chi connectivity index (χ1v) is 4.56. The molecular formula is C11H8N4O. The molecule has 2 rings (SSSR count). The van der Waals surface area contributed by atoms with Gasteiger partial charge in [-0.05, 0) is 18.2 Å². The minimum atomic E-state index is -0.497. The number of nitrogens with two attached hydrogens (primary N) is 1. The monoisotopic (exact) mass is 212 g/mol. The molecule has 0 spiro atoms. The summed E-state index contributed by atoms with van der Waals surface area (Å²) in [6.07, 6.45) is 1.59. The summed E-state index contributed by atoms with van der Waals surface area (Å²) in [5.74, 6) is 0.213. The number of hydrogen-bond acceptors (Lipinski definition) is 4. The average Bonchev–Trinajstić information content (AvgIpc) is 2.29. The largest absolute Gasteiger partial charge is 0.385 e. The number of aromatic nitrogens is 2. The molecule has 5 heteroatoms. The summed E-state index contributed by atoms with van der Waals surface area (Å²) in [5, 5.41) is 8.91. The van der Waals surface area contributed by atoms with Crippen molar-refractivity contribution in [2.24, 2.45) is 0 Å². The Morgan fingerprint density at radius 1 is 1.44 bits per heavy atom. The number of nitrogens with zero attached hydrogens (tertiary/aromatic N) is 2. The van der Waals surface area contributed by atoms with Gasteiger partial charge in [-0.1, -0.05) is 6.07 Å². The molecule has 0 atom stereocenters. The van der Waals surface area contributed by atoms with E-state index in [1.54, 1.807) is 24.4 Å². The first kappa shape index (κ1) is 9.93. The molecule has 2 heterocycles. The summed E-state index contributed by atoms with van der Waals surface area (Å²) < 4.78 is 0. The number of nitriles is 1. The SMILES string of the molecule is N#Cc1c(-c2ccccn2)cc(N)[nH]c1=O. The van der Waals surface area contributed by atoms with Gasteiger partial charge in [0.25, 0.3) is 5.56 Å². The molecule has 5 nitrogen and oxygen atoms in total. The number of nitrogens with one attached hydrogen (secondary N) is 1. The Morgan fingerprint density at radius 3 is 2.88 bits per heavy atom. The maximum Gasteiger partial charge on any atom is 0.268 e. The van der Waals surface area contributed by atoms with E-state index >= 15 is 0 Å². The van der Waals surface area contributed by atoms with Crippen molar-refractivity contribution in [1.82, 2.24) is 9.97 Å². The predicted octanol–water partition coefficient (Wildman–Crippen LogP) is 0.891.